The van der Waals surface area contributed by atoms with E-state index < -0.39 is 6.10 Å². The molecule has 0 spiro atoms. The molecular weight excluding hydrogens is 358 g/mol. The van der Waals surface area contributed by atoms with E-state index in [9.17, 15) is 9.90 Å². The Hall–Kier alpha value is -2.71. The molecule has 8 heteroatoms. The average molecular weight is 383 g/mol. The second-order valence-electron chi connectivity index (χ2n) is 7.24. The van der Waals surface area contributed by atoms with Crippen molar-refractivity contribution in [2.24, 2.45) is 7.05 Å². The zero-order chi connectivity index (χ0) is 19.5. The van der Waals surface area contributed by atoms with Crippen molar-refractivity contribution in [2.45, 2.75) is 44.1 Å². The van der Waals surface area contributed by atoms with Crippen molar-refractivity contribution in [1.82, 2.24) is 24.4 Å². The Kier molecular flexibility index (Phi) is 5.40. The van der Waals surface area contributed by atoms with E-state index in [-0.39, 0.29) is 31.2 Å². The number of carbonyl (C=O) groups is 1. The third-order valence-electron chi connectivity index (χ3n) is 5.42. The van der Waals surface area contributed by atoms with Gasteiger partial charge in [-0.1, -0.05) is 12.1 Å². The van der Waals surface area contributed by atoms with Gasteiger partial charge in [-0.3, -0.25) is 4.79 Å². The van der Waals surface area contributed by atoms with Crippen molar-refractivity contribution < 1.29 is 14.6 Å². The average Bonchev–Trinajstić information content (AvgIpc) is 3.33. The maximum Gasteiger partial charge on any atom is 0.246 e. The van der Waals surface area contributed by atoms with Crippen molar-refractivity contribution in [3.8, 4) is 0 Å². The predicted molar refractivity (Wildman–Crippen MR) is 103 cm³/mol. The SMILES string of the molecule is Cn1c(COCC(=O)N[C@@H]2CCC[C@@H](n3ccnc3)[C@@H]2O)nc2ccccc21. The minimum atomic E-state index is -0.647. The quantitative estimate of drug-likeness (QED) is 0.674. The van der Waals surface area contributed by atoms with Crippen LogP contribution in [0.5, 0.6) is 0 Å². The van der Waals surface area contributed by atoms with Crippen molar-refractivity contribution >= 4 is 16.9 Å². The molecule has 0 aliphatic heterocycles. The van der Waals surface area contributed by atoms with Gasteiger partial charge < -0.3 is 24.3 Å². The molecule has 148 valence electrons. The van der Waals surface area contributed by atoms with E-state index in [0.29, 0.717) is 0 Å². The van der Waals surface area contributed by atoms with Crippen LogP contribution in [0, 0.1) is 0 Å². The molecule has 0 saturated heterocycles. The highest BCUT2D eigenvalue weighted by Crippen LogP contribution is 2.28. The summed E-state index contributed by atoms with van der Waals surface area (Å²) in [5.41, 5.74) is 1.94. The lowest BCUT2D eigenvalue weighted by atomic mass is 9.88. The zero-order valence-electron chi connectivity index (χ0n) is 15.9. The highest BCUT2D eigenvalue weighted by atomic mass is 16.5. The molecule has 2 N–H and O–H groups in total. The van der Waals surface area contributed by atoms with Gasteiger partial charge in [-0.2, -0.15) is 0 Å². The van der Waals surface area contributed by atoms with E-state index in [4.69, 9.17) is 4.74 Å². The molecule has 1 aliphatic carbocycles. The van der Waals surface area contributed by atoms with E-state index in [0.717, 1.165) is 36.1 Å². The summed E-state index contributed by atoms with van der Waals surface area (Å²) in [5, 5.41) is 13.6. The van der Waals surface area contributed by atoms with Crippen LogP contribution in [0.25, 0.3) is 11.0 Å². The lowest BCUT2D eigenvalue weighted by Gasteiger charge is -2.35. The van der Waals surface area contributed by atoms with Crippen LogP contribution in [-0.2, 0) is 23.2 Å². The number of aliphatic hydroxyl groups is 1. The summed E-state index contributed by atoms with van der Waals surface area (Å²) in [6.07, 6.45) is 7.16. The number of fused-ring (bicyclic) bond motifs is 1. The molecule has 3 aromatic rings. The minimum absolute atomic E-state index is 0.0672. The molecule has 0 radical (unpaired) electrons. The van der Waals surface area contributed by atoms with Gasteiger partial charge in [-0.05, 0) is 31.4 Å². The Morgan fingerprint density at radius 1 is 1.36 bits per heavy atom. The van der Waals surface area contributed by atoms with Gasteiger partial charge in [0.05, 0.1) is 35.5 Å². The summed E-state index contributed by atoms with van der Waals surface area (Å²) < 4.78 is 9.45. The fourth-order valence-corrected chi connectivity index (χ4v) is 3.91. The van der Waals surface area contributed by atoms with Crippen molar-refractivity contribution in [2.75, 3.05) is 6.61 Å². The van der Waals surface area contributed by atoms with Crippen LogP contribution < -0.4 is 5.32 Å². The first kappa shape index (κ1) is 18.6. The van der Waals surface area contributed by atoms with E-state index in [1.54, 1.807) is 12.5 Å². The Morgan fingerprint density at radius 2 is 2.21 bits per heavy atom. The molecule has 1 aliphatic rings. The summed E-state index contributed by atoms with van der Waals surface area (Å²) in [4.78, 5) is 20.9. The number of para-hydroxylation sites is 2. The van der Waals surface area contributed by atoms with Gasteiger partial charge in [-0.25, -0.2) is 9.97 Å². The monoisotopic (exact) mass is 383 g/mol. The number of imidazole rings is 2. The number of carbonyl (C=O) groups excluding carboxylic acids is 1. The van der Waals surface area contributed by atoms with E-state index in [1.165, 1.54) is 0 Å². The van der Waals surface area contributed by atoms with Crippen molar-refractivity contribution in [3.63, 3.8) is 0 Å². The van der Waals surface area contributed by atoms with Gasteiger partial charge in [0, 0.05) is 19.4 Å². The molecule has 2 aromatic heterocycles. The smallest absolute Gasteiger partial charge is 0.246 e. The van der Waals surface area contributed by atoms with Crippen LogP contribution in [-0.4, -0.2) is 48.9 Å². The number of benzene rings is 1. The first-order valence-corrected chi connectivity index (χ1v) is 9.56. The van der Waals surface area contributed by atoms with Gasteiger partial charge in [0.15, 0.2) is 0 Å². The summed E-state index contributed by atoms with van der Waals surface area (Å²) in [6, 6.07) is 7.51. The lowest BCUT2D eigenvalue weighted by Crippen LogP contribution is -2.50. The Labute approximate surface area is 163 Å². The number of rotatable bonds is 6. The lowest BCUT2D eigenvalue weighted by molar-refractivity contribution is -0.128. The number of amides is 1. The van der Waals surface area contributed by atoms with Gasteiger partial charge in [-0.15, -0.1) is 0 Å². The third-order valence-corrected chi connectivity index (χ3v) is 5.42. The van der Waals surface area contributed by atoms with Crippen LogP contribution >= 0.6 is 0 Å². The van der Waals surface area contributed by atoms with Gasteiger partial charge in [0.1, 0.15) is 19.0 Å². The predicted octanol–water partition coefficient (Wildman–Crippen LogP) is 1.56. The molecule has 3 atom stereocenters. The zero-order valence-corrected chi connectivity index (χ0v) is 15.9. The summed E-state index contributed by atoms with van der Waals surface area (Å²) >= 11 is 0. The molecule has 28 heavy (non-hydrogen) atoms. The van der Waals surface area contributed by atoms with Gasteiger partial charge in [0.25, 0.3) is 0 Å². The third kappa shape index (κ3) is 3.79. The van der Waals surface area contributed by atoms with Gasteiger partial charge >= 0.3 is 0 Å². The number of aryl methyl sites for hydroxylation is 1. The normalized spacial score (nSPS) is 22.4. The first-order valence-electron chi connectivity index (χ1n) is 9.56. The largest absolute Gasteiger partial charge is 0.389 e. The molecule has 2 heterocycles. The molecule has 1 saturated carbocycles. The fourth-order valence-electron chi connectivity index (χ4n) is 3.91. The summed E-state index contributed by atoms with van der Waals surface area (Å²) in [6.45, 7) is 0.186. The number of aromatic nitrogens is 4. The number of ether oxygens (including phenoxy) is 1. The van der Waals surface area contributed by atoms with E-state index in [2.05, 4.69) is 15.3 Å². The second kappa shape index (κ2) is 8.12. The van der Waals surface area contributed by atoms with E-state index >= 15 is 0 Å². The van der Waals surface area contributed by atoms with Crippen LogP contribution in [0.15, 0.2) is 43.0 Å². The highest BCUT2D eigenvalue weighted by Gasteiger charge is 2.33. The number of nitrogens with one attached hydrogen (secondary N) is 1. The number of nitrogens with zero attached hydrogens (tertiary/aromatic N) is 4. The van der Waals surface area contributed by atoms with Crippen LogP contribution in [0.1, 0.15) is 31.1 Å². The van der Waals surface area contributed by atoms with Crippen LogP contribution in [0.3, 0.4) is 0 Å². The minimum Gasteiger partial charge on any atom is -0.389 e. The summed E-state index contributed by atoms with van der Waals surface area (Å²) in [5.74, 6) is 0.543. The molecule has 4 rings (SSSR count). The summed E-state index contributed by atoms with van der Waals surface area (Å²) in [7, 11) is 1.93. The maximum absolute atomic E-state index is 12.3. The van der Waals surface area contributed by atoms with Crippen molar-refractivity contribution in [3.05, 3.63) is 48.8 Å². The highest BCUT2D eigenvalue weighted by molar-refractivity contribution is 5.77. The van der Waals surface area contributed by atoms with E-state index in [1.807, 2.05) is 46.6 Å². The number of hydrogen-bond donors (Lipinski definition) is 2. The second-order valence-corrected chi connectivity index (χ2v) is 7.24. The molecule has 1 fully saturated rings. The van der Waals surface area contributed by atoms with Crippen LogP contribution in [0.2, 0.25) is 0 Å². The molecule has 0 unspecified atom stereocenters. The van der Waals surface area contributed by atoms with Gasteiger partial charge in [0.2, 0.25) is 5.91 Å². The Balaban J connectivity index is 1.30. The Morgan fingerprint density at radius 3 is 3.00 bits per heavy atom. The standard InChI is InChI=1S/C20H25N5O3/c1-24-16-7-3-2-5-14(16)22-18(24)11-28-12-19(26)23-15-6-4-8-17(20(15)27)25-10-9-21-13-25/h2-3,5,7,9-10,13,15,17,20,27H,4,6,8,11-12H2,1H3,(H,23,26)/t15-,17-,20-/m1/s1. The Bertz CT molecular complexity index is 937. The van der Waals surface area contributed by atoms with Crippen LogP contribution in [0.4, 0.5) is 0 Å². The maximum atomic E-state index is 12.3. The fraction of sp³-hybridized carbons (Fsp3) is 0.450. The number of aliphatic hydroxyl groups excluding tert-OH is 1. The molecule has 1 amide bonds. The molecule has 1 aromatic carbocycles. The topological polar surface area (TPSA) is 94.2 Å². The molecule has 0 bridgehead atoms. The molecular formula is C20H25N5O3. The first-order chi connectivity index (χ1) is 13.6. The number of hydrogen-bond acceptors (Lipinski definition) is 5. The van der Waals surface area contributed by atoms with Crippen molar-refractivity contribution in [1.29, 1.82) is 0 Å². The molecule has 8 nitrogen and oxygen atoms in total.